The smallest absolute Gasteiger partial charge is 0.387 e. The maximum Gasteiger partial charge on any atom is 0.492 e. The average Bonchev–Trinajstić information content (AvgIpc) is 3.08. The quantitative estimate of drug-likeness (QED) is 0.337. The minimum Gasteiger partial charge on any atom is -0.387 e. The van der Waals surface area contributed by atoms with Crippen LogP contribution in [0.1, 0.15) is 12.1 Å². The number of ether oxygens (including phenoxy) is 1. The number of rotatable bonds is 4. The van der Waals surface area contributed by atoms with Crippen molar-refractivity contribution in [3.63, 3.8) is 0 Å². The number of aryl methyl sites for hydroxylation is 1. The summed E-state index contributed by atoms with van der Waals surface area (Å²) in [6.07, 6.45) is -4.62. The standard InChI is InChI=1S/C11H16N5O12P3/c1-4-15-6-9(12)13-3-14-10(6)16(4)11-8(18)7(17)5(25-11)2-24-31(23)27-29(19,20)26-30(21,22)28-31/h3,5,7-8,11,17-18H,2H2,1H3,(H,19,20)(H,21,22)(H2,12,13,14)/t5-,7+,8+,11-/m1/s1. The summed E-state index contributed by atoms with van der Waals surface area (Å²) in [5.41, 5.74) is 6.19. The van der Waals surface area contributed by atoms with E-state index < -0.39 is 54.6 Å². The maximum atomic E-state index is 12.3. The number of hydrogen-bond acceptors (Lipinski definition) is 14. The van der Waals surface area contributed by atoms with E-state index >= 15 is 0 Å². The van der Waals surface area contributed by atoms with Crippen LogP contribution < -0.4 is 5.73 Å². The molecule has 2 unspecified atom stereocenters. The summed E-state index contributed by atoms with van der Waals surface area (Å²) < 4.78 is 59.0. The van der Waals surface area contributed by atoms with Crippen molar-refractivity contribution in [1.82, 2.24) is 19.5 Å². The first-order chi connectivity index (χ1) is 14.3. The van der Waals surface area contributed by atoms with Gasteiger partial charge in [-0.25, -0.2) is 28.6 Å². The van der Waals surface area contributed by atoms with Gasteiger partial charge in [0.1, 0.15) is 30.5 Å². The molecule has 0 bridgehead atoms. The van der Waals surface area contributed by atoms with Crippen molar-refractivity contribution in [2.24, 2.45) is 0 Å². The molecular formula is C11H16N5O12P3. The van der Waals surface area contributed by atoms with Crippen LogP contribution in [0, 0.1) is 6.92 Å². The van der Waals surface area contributed by atoms with E-state index in [1.807, 2.05) is 0 Å². The van der Waals surface area contributed by atoms with Crippen molar-refractivity contribution < 1.29 is 55.9 Å². The van der Waals surface area contributed by atoms with E-state index in [4.69, 9.17) is 15.0 Å². The molecule has 4 heterocycles. The molecule has 0 aromatic carbocycles. The molecule has 0 saturated carbocycles. The molecule has 2 fully saturated rings. The summed E-state index contributed by atoms with van der Waals surface area (Å²) in [4.78, 5) is 30.5. The Balaban J connectivity index is 1.55. The summed E-state index contributed by atoms with van der Waals surface area (Å²) in [5.74, 6) is 0.389. The van der Waals surface area contributed by atoms with Gasteiger partial charge in [0.05, 0.1) is 6.61 Å². The molecule has 6 atom stereocenters. The van der Waals surface area contributed by atoms with Crippen molar-refractivity contribution in [2.75, 3.05) is 12.3 Å². The molecule has 20 heteroatoms. The Morgan fingerprint density at radius 3 is 2.42 bits per heavy atom. The number of aliphatic hydroxyl groups excluding tert-OH is 2. The number of hydrogen-bond donors (Lipinski definition) is 5. The molecule has 17 nitrogen and oxygen atoms in total. The number of fused-ring (bicyclic) bond motifs is 1. The van der Waals surface area contributed by atoms with Crippen LogP contribution in [0.3, 0.4) is 0 Å². The van der Waals surface area contributed by atoms with E-state index in [0.29, 0.717) is 5.82 Å². The van der Waals surface area contributed by atoms with Crippen LogP contribution in [0.4, 0.5) is 5.82 Å². The molecule has 0 aliphatic carbocycles. The van der Waals surface area contributed by atoms with Gasteiger partial charge in [-0.05, 0) is 6.92 Å². The highest BCUT2D eigenvalue weighted by molar-refractivity contribution is 7.74. The zero-order valence-corrected chi connectivity index (χ0v) is 18.0. The van der Waals surface area contributed by atoms with E-state index in [-0.39, 0.29) is 17.0 Å². The van der Waals surface area contributed by atoms with Gasteiger partial charge < -0.3 is 30.5 Å². The molecule has 6 N–H and O–H groups in total. The molecule has 2 aliphatic rings. The van der Waals surface area contributed by atoms with E-state index in [2.05, 4.69) is 27.9 Å². The maximum absolute atomic E-state index is 12.3. The molecule has 0 amide bonds. The SMILES string of the molecule is Cc1nc2c(N)ncnc2n1[C@@H]1O[C@H](COP2(=O)OP(=O)(O)OP(=O)(O)O2)[C@H](O)[C@@H]1O. The predicted octanol–water partition coefficient (Wildman–Crippen LogP) is -0.275. The van der Waals surface area contributed by atoms with Gasteiger partial charge in [0.15, 0.2) is 23.2 Å². The van der Waals surface area contributed by atoms with Crippen molar-refractivity contribution in [3.8, 4) is 0 Å². The number of phosphoric acid groups is 3. The van der Waals surface area contributed by atoms with Crippen molar-refractivity contribution in [2.45, 2.75) is 31.5 Å². The lowest BCUT2D eigenvalue weighted by atomic mass is 10.1. The lowest BCUT2D eigenvalue weighted by molar-refractivity contribution is -0.0515. The number of nitrogens with zero attached hydrogens (tertiary/aromatic N) is 4. The van der Waals surface area contributed by atoms with Crippen LogP contribution in [-0.4, -0.2) is 64.4 Å². The predicted molar refractivity (Wildman–Crippen MR) is 96.9 cm³/mol. The fourth-order valence-corrected chi connectivity index (χ4v) is 7.99. The molecule has 0 spiro atoms. The van der Waals surface area contributed by atoms with Crippen LogP contribution in [0.2, 0.25) is 0 Å². The Morgan fingerprint density at radius 2 is 1.77 bits per heavy atom. The van der Waals surface area contributed by atoms with Crippen molar-refractivity contribution in [3.05, 3.63) is 12.2 Å². The zero-order chi connectivity index (χ0) is 22.8. The van der Waals surface area contributed by atoms with Gasteiger partial charge in [0.2, 0.25) is 0 Å². The fourth-order valence-electron chi connectivity index (χ4n) is 3.06. The summed E-state index contributed by atoms with van der Waals surface area (Å²) in [6, 6.07) is 0. The van der Waals surface area contributed by atoms with Gasteiger partial charge in [-0.1, -0.05) is 0 Å². The van der Waals surface area contributed by atoms with Crippen LogP contribution in [0.5, 0.6) is 0 Å². The summed E-state index contributed by atoms with van der Waals surface area (Å²) in [6.45, 7) is 0.724. The highest BCUT2D eigenvalue weighted by Gasteiger charge is 2.55. The normalized spacial score (nSPS) is 41.1. The largest absolute Gasteiger partial charge is 0.492 e. The molecule has 31 heavy (non-hydrogen) atoms. The third kappa shape index (κ3) is 4.33. The van der Waals surface area contributed by atoms with Crippen LogP contribution in [-0.2, 0) is 35.9 Å². The molecule has 2 aromatic heterocycles. The third-order valence-corrected chi connectivity index (χ3v) is 9.65. The molecule has 2 aromatic rings. The number of nitrogen functional groups attached to an aromatic ring is 1. The van der Waals surface area contributed by atoms with Gasteiger partial charge in [-0.15, -0.1) is 0 Å². The summed E-state index contributed by atoms with van der Waals surface area (Å²) >= 11 is 0. The van der Waals surface area contributed by atoms with E-state index in [1.54, 1.807) is 6.92 Å². The second-order valence-corrected chi connectivity index (χ2v) is 11.4. The van der Waals surface area contributed by atoms with Crippen molar-refractivity contribution >= 4 is 40.4 Å². The molecule has 2 saturated heterocycles. The van der Waals surface area contributed by atoms with E-state index in [0.717, 1.165) is 0 Å². The lowest BCUT2D eigenvalue weighted by Crippen LogP contribution is -2.34. The Labute approximate surface area is 172 Å². The first kappa shape index (κ1) is 22.9. The number of anilines is 1. The highest BCUT2D eigenvalue weighted by Crippen LogP contribution is 2.80. The number of aromatic nitrogens is 4. The molecular weight excluding hydrogens is 487 g/mol. The second-order valence-electron chi connectivity index (χ2n) is 6.43. The van der Waals surface area contributed by atoms with Crippen molar-refractivity contribution in [1.29, 1.82) is 0 Å². The van der Waals surface area contributed by atoms with Gasteiger partial charge in [0, 0.05) is 0 Å². The van der Waals surface area contributed by atoms with Crippen LogP contribution in [0.15, 0.2) is 6.33 Å². The average molecular weight is 503 g/mol. The third-order valence-electron chi connectivity index (χ3n) is 4.28. The zero-order valence-electron chi connectivity index (χ0n) is 15.4. The minimum absolute atomic E-state index is 0.0774. The topological polar surface area (TPSA) is 248 Å². The van der Waals surface area contributed by atoms with Crippen LogP contribution >= 0.6 is 23.5 Å². The van der Waals surface area contributed by atoms with E-state index in [9.17, 15) is 33.7 Å². The van der Waals surface area contributed by atoms with Crippen LogP contribution in [0.25, 0.3) is 11.2 Å². The fraction of sp³-hybridized carbons (Fsp3) is 0.545. The lowest BCUT2D eigenvalue weighted by Gasteiger charge is -2.27. The Kier molecular flexibility index (Phi) is 5.62. The molecule has 0 radical (unpaired) electrons. The summed E-state index contributed by atoms with van der Waals surface area (Å²) in [5, 5.41) is 20.8. The molecule has 2 aliphatic heterocycles. The monoisotopic (exact) mass is 503 g/mol. The van der Waals surface area contributed by atoms with Gasteiger partial charge in [-0.3, -0.25) is 9.09 Å². The molecule has 4 rings (SSSR count). The first-order valence-corrected chi connectivity index (χ1v) is 12.8. The number of nitrogens with two attached hydrogens (primary N) is 1. The Hall–Kier alpha value is -1.32. The number of aliphatic hydroxyl groups is 2. The van der Waals surface area contributed by atoms with Gasteiger partial charge >= 0.3 is 23.5 Å². The highest BCUT2D eigenvalue weighted by atomic mass is 31.3. The van der Waals surface area contributed by atoms with Gasteiger partial charge in [-0.2, -0.15) is 12.9 Å². The Bertz CT molecular complexity index is 1140. The molecule has 172 valence electrons. The first-order valence-electron chi connectivity index (χ1n) is 8.32. The second kappa shape index (κ2) is 7.63. The number of imidazole rings is 1. The van der Waals surface area contributed by atoms with Gasteiger partial charge in [0.25, 0.3) is 0 Å². The Morgan fingerprint density at radius 1 is 1.13 bits per heavy atom. The van der Waals surface area contributed by atoms with E-state index in [1.165, 1.54) is 10.9 Å². The summed E-state index contributed by atoms with van der Waals surface area (Å²) in [7, 11) is -15.5. The minimum atomic E-state index is -5.23.